The van der Waals surface area contributed by atoms with Gasteiger partial charge in [0.1, 0.15) is 11.5 Å². The highest BCUT2D eigenvalue weighted by Gasteiger charge is 2.22. The van der Waals surface area contributed by atoms with Gasteiger partial charge in [0, 0.05) is 24.0 Å². The first kappa shape index (κ1) is 18.2. The number of pyridine rings is 1. The number of rotatable bonds is 4. The van der Waals surface area contributed by atoms with E-state index in [4.69, 9.17) is 10.6 Å². The second-order valence-electron chi connectivity index (χ2n) is 6.17. The number of amides is 1. The summed E-state index contributed by atoms with van der Waals surface area (Å²) in [7, 11) is 0. The van der Waals surface area contributed by atoms with Crippen molar-refractivity contribution in [2.45, 2.75) is 6.92 Å². The molecule has 9 heteroatoms. The molecule has 0 unspecified atom stereocenters. The maximum absolute atomic E-state index is 13.6. The average molecular weight is 391 g/mol. The van der Waals surface area contributed by atoms with Crippen molar-refractivity contribution < 1.29 is 18.8 Å². The standard InChI is InChI=1S/C20H14FN5O3/c1-11-17(18(22)27)14-8-13(21)5-6-16(14)26(11)29-20(28)12-9-24-19(25-10-12)15-4-2-3-7-23-15/h2-10H,1H3,(H2,22,27). The highest BCUT2D eigenvalue weighted by Crippen LogP contribution is 2.26. The van der Waals surface area contributed by atoms with Gasteiger partial charge in [-0.3, -0.25) is 9.78 Å². The number of hydrogen-bond acceptors (Lipinski definition) is 6. The summed E-state index contributed by atoms with van der Waals surface area (Å²) in [4.78, 5) is 42.2. The van der Waals surface area contributed by atoms with E-state index in [1.54, 1.807) is 31.3 Å². The summed E-state index contributed by atoms with van der Waals surface area (Å²) in [5, 5.41) is 0.254. The summed E-state index contributed by atoms with van der Waals surface area (Å²) in [6.45, 7) is 1.55. The van der Waals surface area contributed by atoms with Crippen molar-refractivity contribution in [3.63, 3.8) is 0 Å². The molecule has 0 spiro atoms. The van der Waals surface area contributed by atoms with E-state index in [9.17, 15) is 14.0 Å². The molecule has 4 aromatic rings. The van der Waals surface area contributed by atoms with E-state index in [1.807, 2.05) is 0 Å². The summed E-state index contributed by atoms with van der Waals surface area (Å²) in [5.41, 5.74) is 6.75. The fourth-order valence-corrected chi connectivity index (χ4v) is 2.99. The maximum atomic E-state index is 13.6. The third kappa shape index (κ3) is 3.29. The van der Waals surface area contributed by atoms with Crippen LogP contribution in [-0.4, -0.2) is 31.6 Å². The predicted molar refractivity (Wildman–Crippen MR) is 101 cm³/mol. The molecule has 0 bridgehead atoms. The summed E-state index contributed by atoms with van der Waals surface area (Å²) >= 11 is 0. The van der Waals surface area contributed by atoms with Gasteiger partial charge >= 0.3 is 5.97 Å². The molecule has 3 heterocycles. The van der Waals surface area contributed by atoms with Crippen molar-refractivity contribution in [3.8, 4) is 11.5 Å². The molecule has 29 heavy (non-hydrogen) atoms. The molecule has 3 aromatic heterocycles. The Hall–Kier alpha value is -4.14. The fraction of sp³-hybridized carbons (Fsp3) is 0.0500. The summed E-state index contributed by atoms with van der Waals surface area (Å²) in [6, 6.07) is 9.07. The van der Waals surface area contributed by atoms with Gasteiger partial charge in [0.25, 0.3) is 5.91 Å². The SMILES string of the molecule is Cc1c(C(N)=O)c2cc(F)ccc2n1OC(=O)c1cnc(-c2ccccn2)nc1. The lowest BCUT2D eigenvalue weighted by Crippen LogP contribution is -2.22. The first-order valence-corrected chi connectivity index (χ1v) is 8.52. The number of halogens is 1. The molecule has 4 rings (SSSR count). The Morgan fingerprint density at radius 2 is 1.86 bits per heavy atom. The topological polar surface area (TPSA) is 113 Å². The van der Waals surface area contributed by atoms with Crippen molar-refractivity contribution >= 4 is 22.8 Å². The number of aromatic nitrogens is 4. The van der Waals surface area contributed by atoms with E-state index in [0.717, 1.165) is 10.8 Å². The Labute approximate surface area is 163 Å². The Morgan fingerprint density at radius 1 is 1.10 bits per heavy atom. The third-order valence-electron chi connectivity index (χ3n) is 4.32. The number of carbonyl (C=O) groups excluding carboxylic acids is 2. The number of primary amides is 1. The monoisotopic (exact) mass is 391 g/mol. The Balaban J connectivity index is 1.68. The van der Waals surface area contributed by atoms with Crippen LogP contribution in [0.4, 0.5) is 4.39 Å². The first-order valence-electron chi connectivity index (χ1n) is 8.52. The van der Waals surface area contributed by atoms with Gasteiger partial charge in [-0.1, -0.05) is 6.07 Å². The molecule has 0 radical (unpaired) electrons. The number of nitrogens with zero attached hydrogens (tertiary/aromatic N) is 4. The Morgan fingerprint density at radius 3 is 2.52 bits per heavy atom. The van der Waals surface area contributed by atoms with Gasteiger partial charge in [-0.25, -0.2) is 19.2 Å². The van der Waals surface area contributed by atoms with E-state index in [-0.39, 0.29) is 22.2 Å². The van der Waals surface area contributed by atoms with Gasteiger partial charge in [-0.2, -0.15) is 4.73 Å². The zero-order chi connectivity index (χ0) is 20.5. The number of nitrogens with two attached hydrogens (primary N) is 1. The lowest BCUT2D eigenvalue weighted by Gasteiger charge is -2.08. The molecule has 0 aliphatic carbocycles. The molecule has 1 aromatic carbocycles. The Bertz CT molecular complexity index is 1240. The average Bonchev–Trinajstić information content (AvgIpc) is 2.99. The van der Waals surface area contributed by atoms with Crippen LogP contribution in [0.5, 0.6) is 0 Å². The number of fused-ring (bicyclic) bond motifs is 1. The van der Waals surface area contributed by atoms with Crippen molar-refractivity contribution in [1.29, 1.82) is 0 Å². The summed E-state index contributed by atoms with van der Waals surface area (Å²) < 4.78 is 14.8. The minimum Gasteiger partial charge on any atom is -0.366 e. The van der Waals surface area contributed by atoms with E-state index in [1.165, 1.54) is 24.5 Å². The van der Waals surface area contributed by atoms with E-state index in [2.05, 4.69) is 15.0 Å². The van der Waals surface area contributed by atoms with Gasteiger partial charge in [-0.15, -0.1) is 0 Å². The summed E-state index contributed by atoms with van der Waals surface area (Å²) in [5.74, 6) is -1.69. The number of carbonyl (C=O) groups is 2. The second kappa shape index (κ2) is 7.12. The number of benzene rings is 1. The molecule has 0 aliphatic rings. The summed E-state index contributed by atoms with van der Waals surface area (Å²) in [6.07, 6.45) is 4.24. The molecule has 0 fully saturated rings. The number of hydrogen-bond donors (Lipinski definition) is 1. The molecule has 0 atom stereocenters. The minimum absolute atomic E-state index is 0.0778. The molecule has 0 saturated heterocycles. The van der Waals surface area contributed by atoms with Crippen LogP contribution in [0.2, 0.25) is 0 Å². The normalized spacial score (nSPS) is 10.8. The molecular weight excluding hydrogens is 377 g/mol. The zero-order valence-corrected chi connectivity index (χ0v) is 15.2. The van der Waals surface area contributed by atoms with Crippen LogP contribution >= 0.6 is 0 Å². The van der Waals surface area contributed by atoms with E-state index in [0.29, 0.717) is 17.0 Å². The molecule has 8 nitrogen and oxygen atoms in total. The van der Waals surface area contributed by atoms with Gasteiger partial charge in [0.05, 0.1) is 22.3 Å². The predicted octanol–water partition coefficient (Wildman–Crippen LogP) is 2.31. The molecular formula is C20H14FN5O3. The highest BCUT2D eigenvalue weighted by molar-refractivity contribution is 6.07. The molecule has 144 valence electrons. The van der Waals surface area contributed by atoms with Gasteiger partial charge in [0.15, 0.2) is 5.82 Å². The Kier molecular flexibility index (Phi) is 4.47. The maximum Gasteiger partial charge on any atom is 0.366 e. The van der Waals surface area contributed by atoms with Crippen LogP contribution in [0, 0.1) is 12.7 Å². The van der Waals surface area contributed by atoms with Gasteiger partial charge in [0.2, 0.25) is 0 Å². The quantitative estimate of drug-likeness (QED) is 0.571. The molecule has 0 saturated carbocycles. The van der Waals surface area contributed by atoms with Crippen molar-refractivity contribution in [2.75, 3.05) is 0 Å². The van der Waals surface area contributed by atoms with Crippen molar-refractivity contribution in [2.24, 2.45) is 5.73 Å². The second-order valence-corrected chi connectivity index (χ2v) is 6.17. The lowest BCUT2D eigenvalue weighted by atomic mass is 10.1. The first-order chi connectivity index (χ1) is 14.0. The highest BCUT2D eigenvalue weighted by atomic mass is 19.1. The smallest absolute Gasteiger partial charge is 0.366 e. The van der Waals surface area contributed by atoms with Crippen LogP contribution in [0.25, 0.3) is 22.4 Å². The minimum atomic E-state index is -0.754. The van der Waals surface area contributed by atoms with Crippen molar-refractivity contribution in [3.05, 3.63) is 77.6 Å². The fourth-order valence-electron chi connectivity index (χ4n) is 2.99. The van der Waals surface area contributed by atoms with E-state index < -0.39 is 17.7 Å². The molecule has 0 aliphatic heterocycles. The van der Waals surface area contributed by atoms with Crippen LogP contribution < -0.4 is 10.6 Å². The van der Waals surface area contributed by atoms with Crippen LogP contribution in [0.15, 0.2) is 55.0 Å². The third-order valence-corrected chi connectivity index (χ3v) is 4.32. The van der Waals surface area contributed by atoms with Crippen molar-refractivity contribution in [1.82, 2.24) is 19.7 Å². The van der Waals surface area contributed by atoms with Gasteiger partial charge in [-0.05, 0) is 37.3 Å². The lowest BCUT2D eigenvalue weighted by molar-refractivity contribution is 0.0471. The van der Waals surface area contributed by atoms with E-state index >= 15 is 0 Å². The van der Waals surface area contributed by atoms with Crippen LogP contribution in [0.1, 0.15) is 26.4 Å². The zero-order valence-electron chi connectivity index (χ0n) is 15.2. The molecule has 2 N–H and O–H groups in total. The largest absolute Gasteiger partial charge is 0.366 e. The van der Waals surface area contributed by atoms with Crippen LogP contribution in [-0.2, 0) is 0 Å². The molecule has 1 amide bonds. The van der Waals surface area contributed by atoms with Gasteiger partial charge < -0.3 is 10.6 Å². The van der Waals surface area contributed by atoms with Crippen LogP contribution in [0.3, 0.4) is 0 Å².